The molecular weight excluding hydrogens is 352 g/mol. The molecule has 0 bridgehead atoms. The second-order valence-corrected chi connectivity index (χ2v) is 6.40. The molecule has 0 radical (unpaired) electrons. The number of rotatable bonds is 9. The smallest absolute Gasteiger partial charge is 0.240 e. The lowest BCUT2D eigenvalue weighted by Gasteiger charge is -2.04. The maximum atomic E-state index is 11.9. The van der Waals surface area contributed by atoms with Crippen LogP contribution in [0.25, 0.3) is 0 Å². The standard InChI is InChI=1S/C22H26N4O2/c1-17(19-11-5-3-6-12-19)23-25-21(27)15-9-10-16-22(28)26-24-18(2)20-13-7-4-8-14-20/h3-8,11-14H,9-10,15-16H2,1-2H3,(H,25,27)(H,26,28). The van der Waals surface area contributed by atoms with Gasteiger partial charge >= 0.3 is 0 Å². The van der Waals surface area contributed by atoms with Crippen LogP contribution in [-0.2, 0) is 9.59 Å². The molecule has 0 unspecified atom stereocenters. The number of nitrogens with one attached hydrogen (secondary N) is 2. The van der Waals surface area contributed by atoms with Crippen molar-refractivity contribution in [3.63, 3.8) is 0 Å². The Morgan fingerprint density at radius 2 is 1.04 bits per heavy atom. The summed E-state index contributed by atoms with van der Waals surface area (Å²) in [6, 6.07) is 19.3. The molecule has 2 amide bonds. The van der Waals surface area contributed by atoms with E-state index in [4.69, 9.17) is 0 Å². The van der Waals surface area contributed by atoms with Gasteiger partial charge < -0.3 is 0 Å². The molecule has 0 saturated carbocycles. The zero-order valence-electron chi connectivity index (χ0n) is 16.3. The van der Waals surface area contributed by atoms with Crippen molar-refractivity contribution in [2.24, 2.45) is 10.2 Å². The van der Waals surface area contributed by atoms with E-state index >= 15 is 0 Å². The van der Waals surface area contributed by atoms with Gasteiger partial charge in [0, 0.05) is 12.8 Å². The summed E-state index contributed by atoms with van der Waals surface area (Å²) in [5.74, 6) is -0.317. The molecule has 0 aliphatic rings. The van der Waals surface area contributed by atoms with Crippen molar-refractivity contribution in [2.45, 2.75) is 39.5 Å². The van der Waals surface area contributed by atoms with Crippen LogP contribution in [0.2, 0.25) is 0 Å². The van der Waals surface area contributed by atoms with Gasteiger partial charge in [-0.1, -0.05) is 60.7 Å². The fourth-order valence-electron chi connectivity index (χ4n) is 2.46. The van der Waals surface area contributed by atoms with Crippen LogP contribution in [0.5, 0.6) is 0 Å². The summed E-state index contributed by atoms with van der Waals surface area (Å²) in [6.45, 7) is 3.69. The summed E-state index contributed by atoms with van der Waals surface area (Å²) in [7, 11) is 0. The lowest BCUT2D eigenvalue weighted by molar-refractivity contribution is -0.123. The second-order valence-electron chi connectivity index (χ2n) is 6.40. The van der Waals surface area contributed by atoms with E-state index in [2.05, 4.69) is 21.1 Å². The lowest BCUT2D eigenvalue weighted by Crippen LogP contribution is -2.20. The van der Waals surface area contributed by atoms with Crippen LogP contribution in [0, 0.1) is 0 Å². The summed E-state index contributed by atoms with van der Waals surface area (Å²) < 4.78 is 0. The summed E-state index contributed by atoms with van der Waals surface area (Å²) in [4.78, 5) is 23.7. The Balaban J connectivity index is 1.64. The van der Waals surface area contributed by atoms with Crippen molar-refractivity contribution in [1.29, 1.82) is 0 Å². The second kappa shape index (κ2) is 11.4. The number of hydrazone groups is 2. The fraction of sp³-hybridized carbons (Fsp3) is 0.273. The number of hydrogen-bond acceptors (Lipinski definition) is 4. The SMILES string of the molecule is CC(=NNC(=O)CCCCC(=O)NN=C(C)c1ccccc1)c1ccccc1. The Morgan fingerprint density at radius 3 is 1.39 bits per heavy atom. The molecule has 28 heavy (non-hydrogen) atoms. The largest absolute Gasteiger partial charge is 0.273 e. The third-order valence-corrected chi connectivity index (χ3v) is 4.14. The zero-order valence-corrected chi connectivity index (χ0v) is 16.3. The number of carbonyl (C=O) groups excluding carboxylic acids is 2. The van der Waals surface area contributed by atoms with E-state index in [0.29, 0.717) is 25.7 Å². The Kier molecular flexibility index (Phi) is 8.59. The summed E-state index contributed by atoms with van der Waals surface area (Å²) >= 11 is 0. The average molecular weight is 378 g/mol. The molecule has 2 aromatic rings. The Morgan fingerprint density at radius 1 is 0.679 bits per heavy atom. The van der Waals surface area contributed by atoms with Gasteiger partial charge in [0.2, 0.25) is 11.8 Å². The summed E-state index contributed by atoms with van der Waals surface area (Å²) in [5, 5.41) is 8.21. The topological polar surface area (TPSA) is 82.9 Å². The van der Waals surface area contributed by atoms with E-state index in [1.165, 1.54) is 0 Å². The van der Waals surface area contributed by atoms with Crippen LogP contribution in [0.4, 0.5) is 0 Å². The first kappa shape index (κ1) is 21.0. The zero-order chi connectivity index (χ0) is 20.2. The van der Waals surface area contributed by atoms with E-state index in [1.807, 2.05) is 74.5 Å². The number of unbranched alkanes of at least 4 members (excludes halogenated alkanes) is 1. The molecule has 0 heterocycles. The number of nitrogens with zero attached hydrogens (tertiary/aromatic N) is 2. The molecule has 0 aliphatic carbocycles. The Hall–Kier alpha value is -3.28. The number of amides is 2. The van der Waals surface area contributed by atoms with Gasteiger partial charge in [-0.05, 0) is 37.8 Å². The molecule has 0 spiro atoms. The minimum absolute atomic E-state index is 0.159. The number of carbonyl (C=O) groups is 2. The van der Waals surface area contributed by atoms with E-state index < -0.39 is 0 Å². The van der Waals surface area contributed by atoms with E-state index in [0.717, 1.165) is 22.6 Å². The first-order valence-electron chi connectivity index (χ1n) is 9.33. The third-order valence-electron chi connectivity index (χ3n) is 4.14. The molecule has 6 nitrogen and oxygen atoms in total. The van der Waals surface area contributed by atoms with Crippen LogP contribution in [0.3, 0.4) is 0 Å². The molecular formula is C22H26N4O2. The van der Waals surface area contributed by atoms with Crippen LogP contribution < -0.4 is 10.9 Å². The lowest BCUT2D eigenvalue weighted by atomic mass is 10.1. The molecule has 0 atom stereocenters. The molecule has 0 aromatic heterocycles. The third kappa shape index (κ3) is 7.53. The average Bonchev–Trinajstić information content (AvgIpc) is 2.74. The Labute approximate surface area is 165 Å². The Bertz CT molecular complexity index is 759. The van der Waals surface area contributed by atoms with Crippen molar-refractivity contribution in [1.82, 2.24) is 10.9 Å². The van der Waals surface area contributed by atoms with Crippen molar-refractivity contribution < 1.29 is 9.59 Å². The molecule has 0 saturated heterocycles. The quantitative estimate of drug-likeness (QED) is 0.397. The first-order valence-corrected chi connectivity index (χ1v) is 9.33. The van der Waals surface area contributed by atoms with Crippen LogP contribution >= 0.6 is 0 Å². The predicted octanol–water partition coefficient (Wildman–Crippen LogP) is 3.63. The van der Waals surface area contributed by atoms with Crippen LogP contribution in [0.1, 0.15) is 50.7 Å². The molecule has 0 aliphatic heterocycles. The molecule has 2 aromatic carbocycles. The molecule has 0 fully saturated rings. The van der Waals surface area contributed by atoms with E-state index in [9.17, 15) is 9.59 Å². The van der Waals surface area contributed by atoms with Gasteiger partial charge in [-0.3, -0.25) is 9.59 Å². The predicted molar refractivity (Wildman–Crippen MR) is 112 cm³/mol. The van der Waals surface area contributed by atoms with Gasteiger partial charge in [-0.15, -0.1) is 0 Å². The van der Waals surface area contributed by atoms with Crippen molar-refractivity contribution in [3.05, 3.63) is 71.8 Å². The normalized spacial score (nSPS) is 11.8. The van der Waals surface area contributed by atoms with E-state index in [-0.39, 0.29) is 11.8 Å². The maximum absolute atomic E-state index is 11.9. The minimum atomic E-state index is -0.159. The highest BCUT2D eigenvalue weighted by atomic mass is 16.2. The minimum Gasteiger partial charge on any atom is -0.273 e. The van der Waals surface area contributed by atoms with Gasteiger partial charge in [0.1, 0.15) is 0 Å². The monoisotopic (exact) mass is 378 g/mol. The number of hydrogen-bond donors (Lipinski definition) is 2. The molecule has 2 rings (SSSR count). The highest BCUT2D eigenvalue weighted by molar-refractivity contribution is 5.99. The van der Waals surface area contributed by atoms with Crippen LogP contribution in [-0.4, -0.2) is 23.2 Å². The molecule has 6 heteroatoms. The highest BCUT2D eigenvalue weighted by Crippen LogP contribution is 2.03. The van der Waals surface area contributed by atoms with E-state index in [1.54, 1.807) is 0 Å². The van der Waals surface area contributed by atoms with Gasteiger partial charge in [0.25, 0.3) is 0 Å². The molecule has 146 valence electrons. The maximum Gasteiger partial charge on any atom is 0.240 e. The van der Waals surface area contributed by atoms with Gasteiger partial charge in [0.15, 0.2) is 0 Å². The fourth-order valence-corrected chi connectivity index (χ4v) is 2.46. The van der Waals surface area contributed by atoms with Crippen molar-refractivity contribution >= 4 is 23.2 Å². The van der Waals surface area contributed by atoms with Gasteiger partial charge in [-0.25, -0.2) is 10.9 Å². The number of benzene rings is 2. The van der Waals surface area contributed by atoms with Gasteiger partial charge in [-0.2, -0.15) is 10.2 Å². The van der Waals surface area contributed by atoms with Crippen molar-refractivity contribution in [3.8, 4) is 0 Å². The molecule has 2 N–H and O–H groups in total. The summed E-state index contributed by atoms with van der Waals surface area (Å²) in [5.41, 5.74) is 8.54. The first-order chi connectivity index (χ1) is 13.6. The highest BCUT2D eigenvalue weighted by Gasteiger charge is 2.04. The summed E-state index contributed by atoms with van der Waals surface area (Å²) in [6.07, 6.45) is 1.87. The van der Waals surface area contributed by atoms with Crippen LogP contribution in [0.15, 0.2) is 70.9 Å². The van der Waals surface area contributed by atoms with Crippen molar-refractivity contribution in [2.75, 3.05) is 0 Å². The van der Waals surface area contributed by atoms with Gasteiger partial charge in [0.05, 0.1) is 11.4 Å².